The van der Waals surface area contributed by atoms with Crippen LogP contribution in [0, 0.1) is 0 Å². The van der Waals surface area contributed by atoms with Crippen LogP contribution in [0.4, 0.5) is 0 Å². The van der Waals surface area contributed by atoms with E-state index in [1.54, 1.807) is 6.92 Å². The van der Waals surface area contributed by atoms with Crippen molar-refractivity contribution < 1.29 is 14.7 Å². The van der Waals surface area contributed by atoms with Gasteiger partial charge in [-0.3, -0.25) is 4.79 Å². The molecule has 0 aliphatic heterocycles. The zero-order valence-electron chi connectivity index (χ0n) is 11.3. The molecule has 0 aromatic carbocycles. The molecule has 1 atom stereocenters. The van der Waals surface area contributed by atoms with E-state index >= 15 is 0 Å². The Morgan fingerprint density at radius 3 is 3.05 bits per heavy atom. The molecule has 21 heavy (non-hydrogen) atoms. The van der Waals surface area contributed by atoms with E-state index in [-0.39, 0.29) is 5.91 Å². The number of aliphatic carboxylic acids is 1. The summed E-state index contributed by atoms with van der Waals surface area (Å²) in [6, 6.07) is 1.41. The lowest BCUT2D eigenvalue weighted by molar-refractivity contribution is -0.131. The van der Waals surface area contributed by atoms with Crippen molar-refractivity contribution in [2.24, 2.45) is 0 Å². The number of hydrogen-bond acceptors (Lipinski definition) is 5. The maximum atomic E-state index is 11.9. The van der Waals surface area contributed by atoms with Gasteiger partial charge in [-0.1, -0.05) is 0 Å². The fraction of sp³-hybridized carbons (Fsp3) is 0.231. The Morgan fingerprint density at radius 2 is 2.38 bits per heavy atom. The van der Waals surface area contributed by atoms with Crippen LogP contribution in [0.3, 0.4) is 0 Å². The molecular weight excluding hydrogens is 292 g/mol. The van der Waals surface area contributed by atoms with Gasteiger partial charge in [-0.2, -0.15) is 5.10 Å². The monoisotopic (exact) mass is 306 g/mol. The van der Waals surface area contributed by atoms with Crippen LogP contribution in [-0.2, 0) is 16.1 Å². The van der Waals surface area contributed by atoms with Crippen LogP contribution >= 0.6 is 11.3 Å². The first-order valence-corrected chi connectivity index (χ1v) is 7.04. The lowest BCUT2D eigenvalue weighted by atomic mass is 10.2. The molecule has 1 unspecified atom stereocenters. The molecule has 0 aliphatic rings. The summed E-state index contributed by atoms with van der Waals surface area (Å²) in [6.45, 7) is 2.13. The lowest BCUT2D eigenvalue weighted by Crippen LogP contribution is -2.30. The van der Waals surface area contributed by atoms with Crippen molar-refractivity contribution in [2.45, 2.75) is 19.5 Å². The maximum Gasteiger partial charge on any atom is 0.328 e. The minimum absolute atomic E-state index is 0.156. The molecule has 0 aliphatic carbocycles. The Hall–Kier alpha value is -2.48. The average molecular weight is 306 g/mol. The largest absolute Gasteiger partial charge is 0.478 e. The van der Waals surface area contributed by atoms with Crippen molar-refractivity contribution >= 4 is 29.3 Å². The number of carbonyl (C=O) groups excluding carboxylic acids is 1. The zero-order chi connectivity index (χ0) is 15.2. The van der Waals surface area contributed by atoms with Gasteiger partial charge in [-0.05, 0) is 30.0 Å². The molecule has 110 valence electrons. The van der Waals surface area contributed by atoms with Crippen LogP contribution in [0.1, 0.15) is 23.4 Å². The van der Waals surface area contributed by atoms with Crippen molar-refractivity contribution in [1.29, 1.82) is 0 Å². The van der Waals surface area contributed by atoms with Crippen molar-refractivity contribution in [3.05, 3.63) is 40.6 Å². The van der Waals surface area contributed by atoms with E-state index in [0.29, 0.717) is 6.54 Å². The Labute approximate surface area is 124 Å². The molecule has 0 bridgehead atoms. The second-order valence-electron chi connectivity index (χ2n) is 4.29. The molecule has 0 fully saturated rings. The summed E-state index contributed by atoms with van der Waals surface area (Å²) in [5.41, 5.74) is 0.802. The zero-order valence-corrected chi connectivity index (χ0v) is 12.1. The molecule has 2 aromatic rings. The lowest BCUT2D eigenvalue weighted by Gasteiger charge is -2.11. The number of nitrogens with one attached hydrogen (secondary N) is 1. The van der Waals surface area contributed by atoms with E-state index in [4.69, 9.17) is 5.11 Å². The maximum absolute atomic E-state index is 11.9. The summed E-state index contributed by atoms with van der Waals surface area (Å²) in [5, 5.41) is 17.1. The van der Waals surface area contributed by atoms with E-state index in [9.17, 15) is 9.59 Å². The minimum atomic E-state index is -0.988. The minimum Gasteiger partial charge on any atom is -0.478 e. The third-order valence-corrected chi connectivity index (χ3v) is 3.70. The number of carboxylic acids is 1. The fourth-order valence-electron chi connectivity index (χ4n) is 1.60. The molecule has 0 saturated carbocycles. The highest BCUT2D eigenvalue weighted by molar-refractivity contribution is 7.10. The molecule has 2 heterocycles. The van der Waals surface area contributed by atoms with Gasteiger partial charge >= 0.3 is 5.97 Å². The molecule has 2 rings (SSSR count). The van der Waals surface area contributed by atoms with E-state index in [1.807, 2.05) is 11.4 Å². The van der Waals surface area contributed by atoms with Crippen molar-refractivity contribution in [1.82, 2.24) is 20.1 Å². The van der Waals surface area contributed by atoms with Gasteiger partial charge in [-0.15, -0.1) is 11.3 Å². The Bertz CT molecular complexity index is 648. The van der Waals surface area contributed by atoms with Crippen molar-refractivity contribution in [3.63, 3.8) is 0 Å². The number of aromatic nitrogens is 3. The average Bonchev–Trinajstić information content (AvgIpc) is 3.13. The van der Waals surface area contributed by atoms with Crippen molar-refractivity contribution in [3.8, 4) is 0 Å². The predicted octanol–water partition coefficient (Wildman–Crippen LogP) is 1.31. The van der Waals surface area contributed by atoms with Crippen molar-refractivity contribution in [2.75, 3.05) is 0 Å². The summed E-state index contributed by atoms with van der Waals surface area (Å²) in [5.74, 6) is -1.14. The highest BCUT2D eigenvalue weighted by Gasteiger charge is 2.14. The smallest absolute Gasteiger partial charge is 0.328 e. The number of hydrogen-bond donors (Lipinski definition) is 2. The fourth-order valence-corrected chi connectivity index (χ4v) is 2.40. The van der Waals surface area contributed by atoms with E-state index in [2.05, 4.69) is 15.4 Å². The molecular formula is C13H14N4O3S. The number of nitrogens with zero attached hydrogens (tertiary/aromatic N) is 3. The molecule has 0 saturated heterocycles. The van der Waals surface area contributed by atoms with Gasteiger partial charge in [-0.25, -0.2) is 14.5 Å². The number of rotatable bonds is 6. The molecule has 1 amide bonds. The third-order valence-electron chi connectivity index (χ3n) is 2.74. The van der Waals surface area contributed by atoms with Gasteiger partial charge in [0.25, 0.3) is 0 Å². The van der Waals surface area contributed by atoms with Crippen LogP contribution in [0.5, 0.6) is 0 Å². The molecule has 7 nitrogen and oxygen atoms in total. The first-order valence-electron chi connectivity index (χ1n) is 6.16. The molecule has 8 heteroatoms. The number of carboxylic acid groups (broad SMARTS) is 1. The highest BCUT2D eigenvalue weighted by atomic mass is 32.1. The predicted molar refractivity (Wildman–Crippen MR) is 77.6 cm³/mol. The van der Waals surface area contributed by atoms with Crippen LogP contribution in [0.2, 0.25) is 0 Å². The first kappa shape index (κ1) is 14.9. The van der Waals surface area contributed by atoms with Crippen LogP contribution in [0.25, 0.3) is 6.08 Å². The number of amides is 1. The van der Waals surface area contributed by atoms with Gasteiger partial charge in [0.2, 0.25) is 5.91 Å². The van der Waals surface area contributed by atoms with Crippen LogP contribution in [0.15, 0.2) is 30.2 Å². The summed E-state index contributed by atoms with van der Waals surface area (Å²) in [6.07, 6.45) is 5.47. The summed E-state index contributed by atoms with van der Waals surface area (Å²) in [4.78, 5) is 27.1. The van der Waals surface area contributed by atoms with E-state index in [0.717, 1.165) is 16.5 Å². The molecule has 2 N–H and O–H groups in total. The van der Waals surface area contributed by atoms with Gasteiger partial charge in [0.05, 0.1) is 6.54 Å². The van der Waals surface area contributed by atoms with Gasteiger partial charge in [0.1, 0.15) is 18.7 Å². The van der Waals surface area contributed by atoms with Gasteiger partial charge in [0.15, 0.2) is 0 Å². The summed E-state index contributed by atoms with van der Waals surface area (Å²) in [7, 11) is 0. The topological polar surface area (TPSA) is 97.1 Å². The van der Waals surface area contributed by atoms with Gasteiger partial charge < -0.3 is 10.4 Å². The number of carbonyl (C=O) groups is 2. The van der Waals surface area contributed by atoms with E-state index in [1.165, 1.54) is 34.7 Å². The van der Waals surface area contributed by atoms with E-state index < -0.39 is 12.0 Å². The SMILES string of the molecule is CC(C(=O)NCc1cc(C=CC(=O)O)cs1)n1cncn1. The normalized spacial score (nSPS) is 12.4. The molecule has 2 aromatic heterocycles. The first-order chi connectivity index (χ1) is 10.1. The Balaban J connectivity index is 1.88. The third kappa shape index (κ3) is 4.25. The summed E-state index contributed by atoms with van der Waals surface area (Å²) >= 11 is 1.46. The van der Waals surface area contributed by atoms with Crippen LogP contribution in [-0.4, -0.2) is 31.7 Å². The number of thiophene rings is 1. The highest BCUT2D eigenvalue weighted by Crippen LogP contribution is 2.16. The molecule has 0 spiro atoms. The second kappa shape index (κ2) is 6.80. The standard InChI is InChI=1S/C13H14N4O3S/c1-9(17-8-14-7-16-17)13(20)15-5-11-4-10(6-21-11)2-3-12(18)19/h2-4,6-9H,5H2,1H3,(H,15,20)(H,18,19). The Kier molecular flexibility index (Phi) is 4.83. The quantitative estimate of drug-likeness (QED) is 0.784. The summed E-state index contributed by atoms with van der Waals surface area (Å²) < 4.78 is 1.48. The van der Waals surface area contributed by atoms with Crippen LogP contribution < -0.4 is 5.32 Å². The molecule has 0 radical (unpaired) electrons. The second-order valence-corrected chi connectivity index (χ2v) is 5.28. The van der Waals surface area contributed by atoms with Gasteiger partial charge in [0, 0.05) is 11.0 Å². The Morgan fingerprint density at radius 1 is 1.57 bits per heavy atom.